The van der Waals surface area contributed by atoms with Gasteiger partial charge in [0.15, 0.2) is 5.82 Å². The van der Waals surface area contributed by atoms with Crippen molar-refractivity contribution in [3.63, 3.8) is 0 Å². The van der Waals surface area contributed by atoms with E-state index in [2.05, 4.69) is 27.6 Å². The second-order valence-electron chi connectivity index (χ2n) is 4.94. The van der Waals surface area contributed by atoms with E-state index in [4.69, 9.17) is 5.73 Å². The van der Waals surface area contributed by atoms with E-state index in [1.54, 1.807) is 4.90 Å². The first-order valence-corrected chi connectivity index (χ1v) is 7.29. The van der Waals surface area contributed by atoms with Crippen LogP contribution in [0.4, 0.5) is 11.9 Å². The van der Waals surface area contributed by atoms with Crippen molar-refractivity contribution in [2.75, 3.05) is 22.9 Å². The normalized spacial score (nSPS) is 18.2. The lowest BCUT2D eigenvalue weighted by molar-refractivity contribution is -0.117. The number of carbonyl (C=O) groups excluding carboxylic acids is 1. The third kappa shape index (κ3) is 2.82. The highest BCUT2D eigenvalue weighted by Gasteiger charge is 2.31. The minimum Gasteiger partial charge on any atom is -0.368 e. The van der Waals surface area contributed by atoms with Crippen molar-refractivity contribution in [3.8, 4) is 11.4 Å². The molecule has 1 fully saturated rings. The number of hydrogen-bond acceptors (Lipinski definition) is 6. The van der Waals surface area contributed by atoms with Crippen molar-refractivity contribution in [1.82, 2.24) is 15.0 Å². The van der Waals surface area contributed by atoms with Crippen LogP contribution in [0.15, 0.2) is 30.3 Å². The van der Waals surface area contributed by atoms with E-state index < -0.39 is 0 Å². The standard InChI is InChI=1S/C14H15N5OS/c15-13-16-12(10-4-2-1-3-5-10)17-14(18-13)19-7-9(8-21)6-11(19)20/h1-5,9,21H,6-8H2,(H2,15,16,17,18). The Morgan fingerprint density at radius 3 is 2.67 bits per heavy atom. The van der Waals surface area contributed by atoms with Gasteiger partial charge in [-0.25, -0.2) is 0 Å². The van der Waals surface area contributed by atoms with Crippen molar-refractivity contribution < 1.29 is 4.79 Å². The third-order valence-electron chi connectivity index (χ3n) is 3.38. The number of rotatable bonds is 3. The summed E-state index contributed by atoms with van der Waals surface area (Å²) >= 11 is 4.25. The lowest BCUT2D eigenvalue weighted by Gasteiger charge is -2.15. The highest BCUT2D eigenvalue weighted by atomic mass is 32.1. The zero-order valence-corrected chi connectivity index (χ0v) is 12.2. The molecular weight excluding hydrogens is 286 g/mol. The predicted octanol–water partition coefficient (Wildman–Crippen LogP) is 1.40. The first kappa shape index (κ1) is 13.8. The van der Waals surface area contributed by atoms with Crippen LogP contribution in [0.5, 0.6) is 0 Å². The van der Waals surface area contributed by atoms with E-state index in [0.29, 0.717) is 30.5 Å². The fraction of sp³-hybridized carbons (Fsp3) is 0.286. The summed E-state index contributed by atoms with van der Waals surface area (Å²) in [6.45, 7) is 0.569. The van der Waals surface area contributed by atoms with Gasteiger partial charge < -0.3 is 5.73 Å². The molecule has 1 atom stereocenters. The van der Waals surface area contributed by atoms with Gasteiger partial charge in [0.05, 0.1) is 0 Å². The highest BCUT2D eigenvalue weighted by molar-refractivity contribution is 7.80. The van der Waals surface area contributed by atoms with E-state index in [0.717, 1.165) is 5.56 Å². The van der Waals surface area contributed by atoms with Gasteiger partial charge in [-0.2, -0.15) is 27.6 Å². The molecule has 0 spiro atoms. The number of nitrogens with zero attached hydrogens (tertiary/aromatic N) is 4. The number of thiol groups is 1. The number of benzene rings is 1. The SMILES string of the molecule is Nc1nc(-c2ccccc2)nc(N2CC(CS)CC2=O)n1. The van der Waals surface area contributed by atoms with Gasteiger partial charge in [0.25, 0.3) is 0 Å². The molecule has 6 nitrogen and oxygen atoms in total. The van der Waals surface area contributed by atoms with Gasteiger partial charge in [-0.3, -0.25) is 9.69 Å². The summed E-state index contributed by atoms with van der Waals surface area (Å²) in [6, 6.07) is 9.48. The van der Waals surface area contributed by atoms with Crippen LogP contribution in [0.25, 0.3) is 11.4 Å². The van der Waals surface area contributed by atoms with Gasteiger partial charge in [0.1, 0.15) is 0 Å². The lowest BCUT2D eigenvalue weighted by Crippen LogP contribution is -2.27. The molecule has 1 saturated heterocycles. The summed E-state index contributed by atoms with van der Waals surface area (Å²) < 4.78 is 0. The molecule has 2 heterocycles. The van der Waals surface area contributed by atoms with Crippen molar-refractivity contribution in [2.45, 2.75) is 6.42 Å². The molecule has 3 rings (SSSR count). The van der Waals surface area contributed by atoms with Crippen molar-refractivity contribution in [1.29, 1.82) is 0 Å². The Hall–Kier alpha value is -2.15. The van der Waals surface area contributed by atoms with Crippen molar-refractivity contribution in [2.24, 2.45) is 5.92 Å². The van der Waals surface area contributed by atoms with E-state index in [1.165, 1.54) is 0 Å². The van der Waals surface area contributed by atoms with Crippen LogP contribution < -0.4 is 10.6 Å². The van der Waals surface area contributed by atoms with E-state index in [1.807, 2.05) is 30.3 Å². The molecule has 1 amide bonds. The monoisotopic (exact) mass is 301 g/mol. The van der Waals surface area contributed by atoms with Crippen LogP contribution in [0, 0.1) is 5.92 Å². The number of carbonyl (C=O) groups is 1. The second kappa shape index (κ2) is 5.69. The smallest absolute Gasteiger partial charge is 0.237 e. The van der Waals surface area contributed by atoms with E-state index in [-0.39, 0.29) is 17.8 Å². The number of nitrogens with two attached hydrogens (primary N) is 1. The van der Waals surface area contributed by atoms with Gasteiger partial charge in [0, 0.05) is 18.5 Å². The van der Waals surface area contributed by atoms with Gasteiger partial charge in [-0.1, -0.05) is 30.3 Å². The van der Waals surface area contributed by atoms with Crippen LogP contribution >= 0.6 is 12.6 Å². The summed E-state index contributed by atoms with van der Waals surface area (Å²) in [7, 11) is 0. The molecule has 2 aromatic rings. The molecule has 1 aromatic heterocycles. The molecule has 7 heteroatoms. The molecule has 0 aliphatic carbocycles. The fourth-order valence-electron chi connectivity index (χ4n) is 2.31. The van der Waals surface area contributed by atoms with Crippen molar-refractivity contribution >= 4 is 30.4 Å². The first-order valence-electron chi connectivity index (χ1n) is 6.65. The Balaban J connectivity index is 1.97. The Morgan fingerprint density at radius 1 is 1.24 bits per heavy atom. The van der Waals surface area contributed by atoms with Gasteiger partial charge in [-0.05, 0) is 11.7 Å². The molecule has 0 radical (unpaired) electrons. The zero-order chi connectivity index (χ0) is 14.8. The molecule has 0 saturated carbocycles. The Bertz CT molecular complexity index is 664. The molecular formula is C14H15N5OS. The van der Waals surface area contributed by atoms with Crippen LogP contribution in [-0.2, 0) is 4.79 Å². The fourth-order valence-corrected chi connectivity index (χ4v) is 2.56. The third-order valence-corrected chi connectivity index (χ3v) is 3.89. The van der Waals surface area contributed by atoms with E-state index >= 15 is 0 Å². The van der Waals surface area contributed by atoms with Gasteiger partial charge in [-0.15, -0.1) is 0 Å². The van der Waals surface area contributed by atoms with Gasteiger partial charge >= 0.3 is 0 Å². The summed E-state index contributed by atoms with van der Waals surface area (Å²) in [5.41, 5.74) is 6.60. The first-order chi connectivity index (χ1) is 10.2. The summed E-state index contributed by atoms with van der Waals surface area (Å²) in [4.78, 5) is 26.2. The summed E-state index contributed by atoms with van der Waals surface area (Å²) in [6.07, 6.45) is 0.468. The second-order valence-corrected chi connectivity index (χ2v) is 5.31. The molecule has 1 aromatic carbocycles. The molecule has 1 aliphatic heterocycles. The minimum atomic E-state index is -0.00124. The maximum atomic E-state index is 12.1. The van der Waals surface area contributed by atoms with Crippen LogP contribution in [0.1, 0.15) is 6.42 Å². The average Bonchev–Trinajstić information content (AvgIpc) is 2.89. The number of anilines is 2. The number of hydrogen-bond donors (Lipinski definition) is 2. The predicted molar refractivity (Wildman–Crippen MR) is 84.0 cm³/mol. The van der Waals surface area contributed by atoms with Crippen LogP contribution in [-0.4, -0.2) is 33.2 Å². The molecule has 21 heavy (non-hydrogen) atoms. The lowest BCUT2D eigenvalue weighted by atomic mass is 10.1. The maximum Gasteiger partial charge on any atom is 0.237 e. The Labute approximate surface area is 127 Å². The average molecular weight is 301 g/mol. The Morgan fingerprint density at radius 2 is 2.00 bits per heavy atom. The largest absolute Gasteiger partial charge is 0.368 e. The topological polar surface area (TPSA) is 85.0 Å². The number of amides is 1. The summed E-state index contributed by atoms with van der Waals surface area (Å²) in [5.74, 6) is 1.78. The number of nitrogen functional groups attached to an aromatic ring is 1. The van der Waals surface area contributed by atoms with Crippen LogP contribution in [0.2, 0.25) is 0 Å². The molecule has 1 unspecified atom stereocenters. The molecule has 0 bridgehead atoms. The Kier molecular flexibility index (Phi) is 3.74. The maximum absolute atomic E-state index is 12.1. The molecule has 108 valence electrons. The zero-order valence-electron chi connectivity index (χ0n) is 11.3. The van der Waals surface area contributed by atoms with Crippen LogP contribution in [0.3, 0.4) is 0 Å². The van der Waals surface area contributed by atoms with E-state index in [9.17, 15) is 4.79 Å². The van der Waals surface area contributed by atoms with Crippen molar-refractivity contribution in [3.05, 3.63) is 30.3 Å². The number of aromatic nitrogens is 3. The molecule has 1 aliphatic rings. The van der Waals surface area contributed by atoms with Gasteiger partial charge in [0.2, 0.25) is 17.8 Å². The summed E-state index contributed by atoms with van der Waals surface area (Å²) in [5, 5.41) is 0. The quantitative estimate of drug-likeness (QED) is 0.837. The highest BCUT2D eigenvalue weighted by Crippen LogP contribution is 2.25. The minimum absolute atomic E-state index is 0.00124. The molecule has 2 N–H and O–H groups in total.